The first-order valence-corrected chi connectivity index (χ1v) is 8.53. The molecule has 1 aromatic carbocycles. The molecule has 0 spiro atoms. The normalized spacial score (nSPS) is 17.5. The van der Waals surface area contributed by atoms with E-state index in [1.807, 2.05) is 0 Å². The first kappa shape index (κ1) is 15.0. The van der Waals surface area contributed by atoms with Gasteiger partial charge in [0.15, 0.2) is 0 Å². The SMILES string of the molecule is COc1ccc(S(=O)(=O)N2CCC(n3cncn3)CC2)cc1. The van der Waals surface area contributed by atoms with Crippen molar-refractivity contribution < 1.29 is 13.2 Å². The zero-order valence-electron chi connectivity index (χ0n) is 12.3. The third-order valence-corrected chi connectivity index (χ3v) is 5.84. The van der Waals surface area contributed by atoms with Gasteiger partial charge < -0.3 is 4.74 Å². The largest absolute Gasteiger partial charge is 0.497 e. The summed E-state index contributed by atoms with van der Waals surface area (Å²) in [5, 5.41) is 4.13. The Labute approximate surface area is 129 Å². The molecular formula is C14H18N4O3S. The van der Waals surface area contributed by atoms with Gasteiger partial charge in [-0.1, -0.05) is 0 Å². The minimum atomic E-state index is -3.45. The first-order chi connectivity index (χ1) is 10.6. The maximum atomic E-state index is 12.6. The number of aromatic nitrogens is 3. The summed E-state index contributed by atoms with van der Waals surface area (Å²) in [6.45, 7) is 0.970. The lowest BCUT2D eigenvalue weighted by atomic mass is 10.1. The molecule has 1 aliphatic rings. The summed E-state index contributed by atoms with van der Waals surface area (Å²) in [6.07, 6.45) is 4.65. The molecule has 2 aromatic rings. The standard InChI is InChI=1S/C14H18N4O3S/c1-21-13-2-4-14(5-3-13)22(19,20)17-8-6-12(7-9-17)18-11-15-10-16-18/h2-5,10-12H,6-9H2,1H3. The Balaban J connectivity index is 1.71. The Bertz CT molecular complexity index is 705. The highest BCUT2D eigenvalue weighted by atomic mass is 32.2. The molecule has 0 N–H and O–H groups in total. The third kappa shape index (κ3) is 2.84. The van der Waals surface area contributed by atoms with E-state index in [9.17, 15) is 8.42 Å². The molecule has 0 aliphatic carbocycles. The minimum absolute atomic E-state index is 0.213. The summed E-state index contributed by atoms with van der Waals surface area (Å²) in [4.78, 5) is 4.24. The van der Waals surface area contributed by atoms with Crippen molar-refractivity contribution in [2.75, 3.05) is 20.2 Å². The van der Waals surface area contributed by atoms with Gasteiger partial charge in [0, 0.05) is 13.1 Å². The van der Waals surface area contributed by atoms with Crippen LogP contribution in [0.15, 0.2) is 41.8 Å². The van der Waals surface area contributed by atoms with Gasteiger partial charge in [-0.2, -0.15) is 9.40 Å². The highest BCUT2D eigenvalue weighted by Crippen LogP contribution is 2.26. The second-order valence-electron chi connectivity index (χ2n) is 5.19. The van der Waals surface area contributed by atoms with E-state index in [-0.39, 0.29) is 6.04 Å². The fraction of sp³-hybridized carbons (Fsp3) is 0.429. The van der Waals surface area contributed by atoms with Gasteiger partial charge >= 0.3 is 0 Å². The van der Waals surface area contributed by atoms with E-state index in [1.54, 1.807) is 42.4 Å². The van der Waals surface area contributed by atoms with Crippen LogP contribution >= 0.6 is 0 Å². The number of benzene rings is 1. The zero-order chi connectivity index (χ0) is 15.6. The zero-order valence-corrected chi connectivity index (χ0v) is 13.1. The maximum Gasteiger partial charge on any atom is 0.243 e. The predicted molar refractivity (Wildman–Crippen MR) is 80.0 cm³/mol. The van der Waals surface area contributed by atoms with Crippen molar-refractivity contribution in [3.8, 4) is 5.75 Å². The highest BCUT2D eigenvalue weighted by Gasteiger charge is 2.30. The molecule has 118 valence electrons. The molecule has 0 radical (unpaired) electrons. The molecule has 2 heterocycles. The summed E-state index contributed by atoms with van der Waals surface area (Å²) in [7, 11) is -1.89. The van der Waals surface area contributed by atoms with Crippen molar-refractivity contribution in [3.63, 3.8) is 0 Å². The molecule has 0 saturated carbocycles. The molecule has 22 heavy (non-hydrogen) atoms. The van der Waals surface area contributed by atoms with Crippen molar-refractivity contribution in [1.29, 1.82) is 0 Å². The molecular weight excluding hydrogens is 304 g/mol. The Hall–Kier alpha value is -1.93. The second-order valence-corrected chi connectivity index (χ2v) is 7.12. The van der Waals surface area contributed by atoms with Gasteiger partial charge in [-0.3, -0.25) is 0 Å². The number of hydrogen-bond donors (Lipinski definition) is 0. The van der Waals surface area contributed by atoms with Crippen LogP contribution in [0.3, 0.4) is 0 Å². The molecule has 0 bridgehead atoms. The first-order valence-electron chi connectivity index (χ1n) is 7.09. The second kappa shape index (κ2) is 6.05. The molecule has 0 atom stereocenters. The molecule has 1 aliphatic heterocycles. The van der Waals surface area contributed by atoms with Gasteiger partial charge in [0.1, 0.15) is 18.4 Å². The number of sulfonamides is 1. The van der Waals surface area contributed by atoms with Crippen LogP contribution in [-0.4, -0.2) is 47.7 Å². The van der Waals surface area contributed by atoms with Gasteiger partial charge in [-0.15, -0.1) is 0 Å². The Kier molecular flexibility index (Phi) is 4.12. The maximum absolute atomic E-state index is 12.6. The smallest absolute Gasteiger partial charge is 0.243 e. The van der Waals surface area contributed by atoms with Crippen molar-refractivity contribution in [2.24, 2.45) is 0 Å². The van der Waals surface area contributed by atoms with Gasteiger partial charge in [0.25, 0.3) is 0 Å². The van der Waals surface area contributed by atoms with Crippen LogP contribution in [0.5, 0.6) is 5.75 Å². The summed E-state index contributed by atoms with van der Waals surface area (Å²) < 4.78 is 33.7. The van der Waals surface area contributed by atoms with Gasteiger partial charge in [-0.25, -0.2) is 18.1 Å². The third-order valence-electron chi connectivity index (χ3n) is 3.93. The number of methoxy groups -OCH3 is 1. The van der Waals surface area contributed by atoms with Gasteiger partial charge in [0.2, 0.25) is 10.0 Å². The van der Waals surface area contributed by atoms with E-state index < -0.39 is 10.0 Å². The summed E-state index contributed by atoms with van der Waals surface area (Å²) in [6, 6.07) is 6.70. The van der Waals surface area contributed by atoms with E-state index in [0.717, 1.165) is 12.8 Å². The molecule has 3 rings (SSSR count). The average Bonchev–Trinajstić information content (AvgIpc) is 3.09. The van der Waals surface area contributed by atoms with Crippen LogP contribution < -0.4 is 4.74 Å². The lowest BCUT2D eigenvalue weighted by molar-refractivity contribution is 0.260. The van der Waals surface area contributed by atoms with Crippen LogP contribution in [0.1, 0.15) is 18.9 Å². The number of piperidine rings is 1. The topological polar surface area (TPSA) is 77.3 Å². The summed E-state index contributed by atoms with van der Waals surface area (Å²) >= 11 is 0. The Morgan fingerprint density at radius 3 is 2.41 bits per heavy atom. The highest BCUT2D eigenvalue weighted by molar-refractivity contribution is 7.89. The number of hydrogen-bond acceptors (Lipinski definition) is 5. The number of nitrogens with zero attached hydrogens (tertiary/aromatic N) is 4. The molecule has 0 amide bonds. The number of ether oxygens (including phenoxy) is 1. The fourth-order valence-corrected chi connectivity index (χ4v) is 4.12. The lowest BCUT2D eigenvalue weighted by Gasteiger charge is -2.31. The molecule has 1 saturated heterocycles. The summed E-state index contributed by atoms with van der Waals surface area (Å²) in [5.41, 5.74) is 0. The lowest BCUT2D eigenvalue weighted by Crippen LogP contribution is -2.39. The minimum Gasteiger partial charge on any atom is -0.497 e. The van der Waals surface area contributed by atoms with Crippen molar-refractivity contribution >= 4 is 10.0 Å². The monoisotopic (exact) mass is 322 g/mol. The van der Waals surface area contributed by atoms with Crippen LogP contribution in [0, 0.1) is 0 Å². The molecule has 0 unspecified atom stereocenters. The molecule has 8 heteroatoms. The predicted octanol–water partition coefficient (Wildman–Crippen LogP) is 1.31. The fourth-order valence-electron chi connectivity index (χ4n) is 2.65. The molecule has 1 aromatic heterocycles. The van der Waals surface area contributed by atoms with Crippen LogP contribution in [0.25, 0.3) is 0 Å². The van der Waals surface area contributed by atoms with Crippen molar-refractivity contribution in [2.45, 2.75) is 23.8 Å². The van der Waals surface area contributed by atoms with E-state index in [4.69, 9.17) is 4.74 Å². The van der Waals surface area contributed by atoms with Gasteiger partial charge in [0.05, 0.1) is 18.0 Å². The Morgan fingerprint density at radius 1 is 1.18 bits per heavy atom. The van der Waals surface area contributed by atoms with Crippen LogP contribution in [0.2, 0.25) is 0 Å². The van der Waals surface area contributed by atoms with E-state index in [2.05, 4.69) is 10.1 Å². The van der Waals surface area contributed by atoms with Crippen LogP contribution in [-0.2, 0) is 10.0 Å². The molecule has 1 fully saturated rings. The van der Waals surface area contributed by atoms with Crippen LogP contribution in [0.4, 0.5) is 0 Å². The van der Waals surface area contributed by atoms with E-state index in [1.165, 1.54) is 10.6 Å². The molecule has 7 nitrogen and oxygen atoms in total. The van der Waals surface area contributed by atoms with Crippen molar-refractivity contribution in [3.05, 3.63) is 36.9 Å². The van der Waals surface area contributed by atoms with Crippen molar-refractivity contribution in [1.82, 2.24) is 19.1 Å². The quantitative estimate of drug-likeness (QED) is 0.848. The van der Waals surface area contributed by atoms with E-state index >= 15 is 0 Å². The van der Waals surface area contributed by atoms with E-state index in [0.29, 0.717) is 23.7 Å². The average molecular weight is 322 g/mol. The Morgan fingerprint density at radius 2 is 1.86 bits per heavy atom. The number of rotatable bonds is 4. The summed E-state index contributed by atoms with van der Waals surface area (Å²) in [5.74, 6) is 0.642. The van der Waals surface area contributed by atoms with Gasteiger partial charge in [-0.05, 0) is 37.1 Å².